The monoisotopic (exact) mass is 292 g/mol. The number of nitrogens with zero attached hydrogens (tertiary/aromatic N) is 1. The van der Waals surface area contributed by atoms with Gasteiger partial charge in [-0.05, 0) is 18.1 Å². The summed E-state index contributed by atoms with van der Waals surface area (Å²) in [6.45, 7) is 0.976. The Labute approximate surface area is 124 Å². The number of hydrogen-bond acceptors (Lipinski definition) is 3. The van der Waals surface area contributed by atoms with Gasteiger partial charge in [-0.2, -0.15) is 0 Å². The van der Waals surface area contributed by atoms with Gasteiger partial charge in [-0.15, -0.1) is 12.4 Å². The first-order valence-corrected chi connectivity index (χ1v) is 6.44. The van der Waals surface area contributed by atoms with Gasteiger partial charge >= 0.3 is 6.09 Å². The predicted molar refractivity (Wildman–Crippen MR) is 79.0 cm³/mol. The fourth-order valence-corrected chi connectivity index (χ4v) is 2.32. The first kappa shape index (κ1) is 14.5. The molecule has 5 heteroatoms. The fraction of sp³-hybridized carbons (Fsp3) is 0.267. The summed E-state index contributed by atoms with van der Waals surface area (Å²) in [5.41, 5.74) is 5.19. The van der Waals surface area contributed by atoms with Crippen molar-refractivity contribution in [3.8, 4) is 0 Å². The van der Waals surface area contributed by atoms with Crippen molar-refractivity contribution in [1.82, 2.24) is 10.4 Å². The molecule has 2 aliphatic rings. The Morgan fingerprint density at radius 2 is 2.15 bits per heavy atom. The highest BCUT2D eigenvalue weighted by Crippen LogP contribution is 2.25. The summed E-state index contributed by atoms with van der Waals surface area (Å²) in [5.74, 6) is 0.384. The van der Waals surface area contributed by atoms with Crippen LogP contribution in [0.5, 0.6) is 0 Å². The summed E-state index contributed by atoms with van der Waals surface area (Å²) in [6, 6.07) is 9.69. The summed E-state index contributed by atoms with van der Waals surface area (Å²) < 4.78 is 5.29. The Hall–Kier alpha value is -1.94. The van der Waals surface area contributed by atoms with Gasteiger partial charge in [-0.25, -0.2) is 9.80 Å². The summed E-state index contributed by atoms with van der Waals surface area (Å²) in [4.78, 5) is 12.0. The van der Waals surface area contributed by atoms with E-state index in [2.05, 4.69) is 11.5 Å². The van der Waals surface area contributed by atoms with Gasteiger partial charge in [-0.1, -0.05) is 42.5 Å². The second-order valence-corrected chi connectivity index (χ2v) is 4.75. The zero-order chi connectivity index (χ0) is 13.1. The Bertz CT molecular complexity index is 528. The third kappa shape index (κ3) is 3.14. The summed E-state index contributed by atoms with van der Waals surface area (Å²) in [6.07, 6.45) is 6.80. The number of hydrogen-bond donors (Lipinski definition) is 1. The van der Waals surface area contributed by atoms with Crippen LogP contribution in [0.1, 0.15) is 12.0 Å². The second kappa shape index (κ2) is 6.48. The molecule has 0 radical (unpaired) electrons. The van der Waals surface area contributed by atoms with Crippen LogP contribution in [0.4, 0.5) is 4.79 Å². The number of carbonyl (C=O) groups excluding carboxylic acids is 1. The number of benzene rings is 1. The third-order valence-electron chi connectivity index (χ3n) is 3.36. The number of rotatable bonds is 2. The number of halogens is 1. The van der Waals surface area contributed by atoms with Gasteiger partial charge in [0.25, 0.3) is 0 Å². The highest BCUT2D eigenvalue weighted by atomic mass is 35.5. The Kier molecular flexibility index (Phi) is 4.69. The lowest BCUT2D eigenvalue weighted by molar-refractivity contribution is 0.0905. The zero-order valence-electron chi connectivity index (χ0n) is 11.0. The molecule has 1 fully saturated rings. The largest absolute Gasteiger partial charge is 0.443 e. The molecule has 20 heavy (non-hydrogen) atoms. The Balaban J connectivity index is 0.00000147. The number of ether oxygens (including phenoxy) is 1. The minimum atomic E-state index is -0.320. The number of fused-ring (bicyclic) bond motifs is 1. The normalized spacial score (nSPS) is 19.5. The molecule has 1 unspecified atom stereocenters. The first-order chi connectivity index (χ1) is 9.33. The standard InChI is InChI=1S/C15H16N2O2.ClH/c18-15(19-11-12-6-2-1-3-7-12)17-10-13-8-4-5-9-14(13)16-17;/h1-7,9,13,16H,8,10-11H2;1H. The quantitative estimate of drug-likeness (QED) is 0.911. The third-order valence-corrected chi connectivity index (χ3v) is 3.36. The van der Waals surface area contributed by atoms with Gasteiger partial charge in [0.15, 0.2) is 0 Å². The van der Waals surface area contributed by atoms with Crippen molar-refractivity contribution in [2.24, 2.45) is 5.92 Å². The Morgan fingerprint density at radius 3 is 2.90 bits per heavy atom. The highest BCUT2D eigenvalue weighted by molar-refractivity contribution is 5.85. The molecule has 1 atom stereocenters. The van der Waals surface area contributed by atoms with E-state index in [1.54, 1.807) is 5.01 Å². The molecule has 1 aliphatic carbocycles. The van der Waals surface area contributed by atoms with Gasteiger partial charge in [-0.3, -0.25) is 5.43 Å². The molecule has 106 valence electrons. The molecule has 1 aromatic rings. The van der Waals surface area contributed by atoms with Gasteiger partial charge in [0, 0.05) is 11.6 Å². The number of nitrogens with one attached hydrogen (secondary N) is 1. The maximum absolute atomic E-state index is 12.0. The molecular weight excluding hydrogens is 276 g/mol. The van der Waals surface area contributed by atoms with E-state index < -0.39 is 0 Å². The summed E-state index contributed by atoms with van der Waals surface area (Å²) in [7, 11) is 0. The minimum absolute atomic E-state index is 0. The maximum Gasteiger partial charge on any atom is 0.428 e. The summed E-state index contributed by atoms with van der Waals surface area (Å²) >= 11 is 0. The lowest BCUT2D eigenvalue weighted by atomic mass is 9.99. The predicted octanol–water partition coefficient (Wildman–Crippen LogP) is 3.03. The molecule has 1 aromatic carbocycles. The van der Waals surface area contributed by atoms with Crippen LogP contribution >= 0.6 is 12.4 Å². The smallest absolute Gasteiger partial charge is 0.428 e. The topological polar surface area (TPSA) is 41.6 Å². The molecular formula is C15H17ClN2O2. The van der Waals surface area contributed by atoms with Crippen molar-refractivity contribution in [3.63, 3.8) is 0 Å². The van der Waals surface area contributed by atoms with Crippen molar-refractivity contribution in [3.05, 3.63) is 59.8 Å². The average Bonchev–Trinajstić information content (AvgIpc) is 2.90. The number of carbonyl (C=O) groups is 1. The van der Waals surface area contributed by atoms with Crippen LogP contribution in [0.25, 0.3) is 0 Å². The molecule has 1 heterocycles. The molecule has 0 saturated carbocycles. The lowest BCUT2D eigenvalue weighted by Crippen LogP contribution is -2.36. The first-order valence-electron chi connectivity index (χ1n) is 6.44. The van der Waals surface area contributed by atoms with Gasteiger partial charge in [0.2, 0.25) is 0 Å². The van der Waals surface area contributed by atoms with Crippen LogP contribution in [0.2, 0.25) is 0 Å². The highest BCUT2D eigenvalue weighted by Gasteiger charge is 2.31. The molecule has 4 nitrogen and oxygen atoms in total. The summed E-state index contributed by atoms with van der Waals surface area (Å²) in [5, 5.41) is 1.55. The number of hydrazine groups is 1. The van der Waals surface area contributed by atoms with E-state index in [1.165, 1.54) is 0 Å². The molecule has 0 spiro atoms. The van der Waals surface area contributed by atoms with Crippen LogP contribution in [0.3, 0.4) is 0 Å². The van der Waals surface area contributed by atoms with E-state index in [9.17, 15) is 4.79 Å². The van der Waals surface area contributed by atoms with Gasteiger partial charge < -0.3 is 4.74 Å². The molecule has 1 aliphatic heterocycles. The van der Waals surface area contributed by atoms with Crippen LogP contribution in [-0.4, -0.2) is 17.6 Å². The number of allylic oxidation sites excluding steroid dienone is 3. The van der Waals surface area contributed by atoms with Crippen LogP contribution in [0, 0.1) is 5.92 Å². The molecule has 3 rings (SSSR count). The SMILES string of the molecule is Cl.O=C(OCc1ccccc1)N1CC2CC=CC=C2N1. The van der Waals surface area contributed by atoms with Crippen molar-refractivity contribution in [2.75, 3.05) is 6.54 Å². The van der Waals surface area contributed by atoms with E-state index in [0.29, 0.717) is 19.1 Å². The average molecular weight is 293 g/mol. The molecule has 1 saturated heterocycles. The zero-order valence-corrected chi connectivity index (χ0v) is 11.8. The van der Waals surface area contributed by atoms with E-state index in [1.807, 2.05) is 42.5 Å². The molecule has 0 aromatic heterocycles. The molecule has 0 bridgehead atoms. The van der Waals surface area contributed by atoms with Crippen molar-refractivity contribution in [2.45, 2.75) is 13.0 Å². The van der Waals surface area contributed by atoms with Crippen molar-refractivity contribution >= 4 is 18.5 Å². The molecule has 1 amide bonds. The lowest BCUT2D eigenvalue weighted by Gasteiger charge is -2.15. The maximum atomic E-state index is 12.0. The van der Waals surface area contributed by atoms with E-state index in [0.717, 1.165) is 17.7 Å². The van der Waals surface area contributed by atoms with Gasteiger partial charge in [0.1, 0.15) is 6.61 Å². The Morgan fingerprint density at radius 1 is 1.35 bits per heavy atom. The van der Waals surface area contributed by atoms with Crippen molar-refractivity contribution < 1.29 is 9.53 Å². The van der Waals surface area contributed by atoms with Crippen LogP contribution < -0.4 is 5.43 Å². The fourth-order valence-electron chi connectivity index (χ4n) is 2.32. The van der Waals surface area contributed by atoms with Crippen molar-refractivity contribution in [1.29, 1.82) is 0 Å². The van der Waals surface area contributed by atoms with E-state index >= 15 is 0 Å². The van der Waals surface area contributed by atoms with Crippen LogP contribution in [0.15, 0.2) is 54.3 Å². The molecule has 1 N–H and O–H groups in total. The second-order valence-electron chi connectivity index (χ2n) is 4.75. The van der Waals surface area contributed by atoms with Gasteiger partial charge in [0.05, 0.1) is 6.54 Å². The van der Waals surface area contributed by atoms with E-state index in [-0.39, 0.29) is 18.5 Å². The van der Waals surface area contributed by atoms with E-state index in [4.69, 9.17) is 4.74 Å². The number of amides is 1. The van der Waals surface area contributed by atoms with Crippen LogP contribution in [-0.2, 0) is 11.3 Å². The minimum Gasteiger partial charge on any atom is -0.443 e.